The molecular formula is C11H23NO. The zero-order valence-corrected chi connectivity index (χ0v) is 8.93. The van der Waals surface area contributed by atoms with Gasteiger partial charge in [0.1, 0.15) is 0 Å². The van der Waals surface area contributed by atoms with Crippen LogP contribution in [-0.4, -0.2) is 37.7 Å². The van der Waals surface area contributed by atoms with Crippen molar-refractivity contribution in [1.29, 1.82) is 0 Å². The molecule has 1 fully saturated rings. The van der Waals surface area contributed by atoms with Crippen LogP contribution in [0.25, 0.3) is 0 Å². The summed E-state index contributed by atoms with van der Waals surface area (Å²) in [5, 5.41) is 0. The Morgan fingerprint density at radius 1 is 1.08 bits per heavy atom. The Morgan fingerprint density at radius 2 is 2.00 bits per heavy atom. The molecule has 0 atom stereocenters. The number of ether oxygens (including phenoxy) is 1. The molecule has 1 rings (SSSR count). The van der Waals surface area contributed by atoms with Gasteiger partial charge in [0.05, 0.1) is 6.61 Å². The van der Waals surface area contributed by atoms with Crippen molar-refractivity contribution in [2.24, 2.45) is 0 Å². The molecule has 0 amide bonds. The van der Waals surface area contributed by atoms with Crippen molar-refractivity contribution in [3.8, 4) is 0 Å². The molecule has 0 aromatic heterocycles. The highest BCUT2D eigenvalue weighted by atomic mass is 16.5. The Labute approximate surface area is 82.3 Å². The molecule has 1 heterocycles. The van der Waals surface area contributed by atoms with Crippen LogP contribution in [-0.2, 0) is 4.74 Å². The first-order valence-electron chi connectivity index (χ1n) is 5.73. The van der Waals surface area contributed by atoms with Crippen molar-refractivity contribution in [2.75, 3.05) is 32.8 Å². The molecule has 78 valence electrons. The van der Waals surface area contributed by atoms with Crippen LogP contribution in [0.4, 0.5) is 0 Å². The van der Waals surface area contributed by atoms with Gasteiger partial charge in [-0.1, -0.05) is 13.3 Å². The molecule has 1 aliphatic rings. The monoisotopic (exact) mass is 185 g/mol. The average Bonchev–Trinajstić information content (AvgIpc) is 2.28. The van der Waals surface area contributed by atoms with Gasteiger partial charge < -0.3 is 9.64 Å². The molecule has 13 heavy (non-hydrogen) atoms. The molecule has 0 aromatic rings. The van der Waals surface area contributed by atoms with Gasteiger partial charge in [-0.3, -0.25) is 0 Å². The van der Waals surface area contributed by atoms with E-state index in [0.29, 0.717) is 0 Å². The van der Waals surface area contributed by atoms with Gasteiger partial charge in [0, 0.05) is 13.2 Å². The fourth-order valence-corrected chi connectivity index (χ4v) is 1.73. The van der Waals surface area contributed by atoms with Gasteiger partial charge in [0.15, 0.2) is 0 Å². The van der Waals surface area contributed by atoms with Gasteiger partial charge in [-0.25, -0.2) is 0 Å². The summed E-state index contributed by atoms with van der Waals surface area (Å²) in [5.41, 5.74) is 0. The van der Waals surface area contributed by atoms with Crippen LogP contribution >= 0.6 is 0 Å². The van der Waals surface area contributed by atoms with Crippen molar-refractivity contribution >= 4 is 0 Å². The van der Waals surface area contributed by atoms with Gasteiger partial charge in [-0.15, -0.1) is 0 Å². The SMILES string of the molecule is CCCCN1CCCCCOCC1. The molecular weight excluding hydrogens is 162 g/mol. The first-order chi connectivity index (χ1) is 6.43. The van der Waals surface area contributed by atoms with E-state index in [1.54, 1.807) is 0 Å². The van der Waals surface area contributed by atoms with Crippen LogP contribution in [0.2, 0.25) is 0 Å². The van der Waals surface area contributed by atoms with E-state index in [1.807, 2.05) is 0 Å². The summed E-state index contributed by atoms with van der Waals surface area (Å²) < 4.78 is 5.52. The minimum atomic E-state index is 0.934. The Balaban J connectivity index is 2.16. The van der Waals surface area contributed by atoms with Crippen LogP contribution in [0, 0.1) is 0 Å². The molecule has 1 aliphatic heterocycles. The zero-order valence-electron chi connectivity index (χ0n) is 8.93. The summed E-state index contributed by atoms with van der Waals surface area (Å²) in [4.78, 5) is 2.55. The van der Waals surface area contributed by atoms with E-state index < -0.39 is 0 Å². The summed E-state index contributed by atoms with van der Waals surface area (Å²) in [6, 6.07) is 0. The standard InChI is InChI=1S/C11H23NO/c1-2-3-7-12-8-5-4-6-10-13-11-9-12/h2-11H2,1H3. The minimum absolute atomic E-state index is 0.934. The molecule has 0 radical (unpaired) electrons. The van der Waals surface area contributed by atoms with Crippen molar-refractivity contribution < 1.29 is 4.74 Å². The Morgan fingerprint density at radius 3 is 2.85 bits per heavy atom. The second kappa shape index (κ2) is 7.34. The number of unbranched alkanes of at least 4 members (excludes halogenated alkanes) is 1. The van der Waals surface area contributed by atoms with E-state index in [1.165, 1.54) is 45.2 Å². The molecule has 0 N–H and O–H groups in total. The minimum Gasteiger partial charge on any atom is -0.380 e. The predicted molar refractivity (Wildman–Crippen MR) is 56.0 cm³/mol. The second-order valence-electron chi connectivity index (χ2n) is 3.87. The normalized spacial score (nSPS) is 21.9. The summed E-state index contributed by atoms with van der Waals surface area (Å²) in [7, 11) is 0. The third kappa shape index (κ3) is 5.27. The second-order valence-corrected chi connectivity index (χ2v) is 3.87. The van der Waals surface area contributed by atoms with Crippen molar-refractivity contribution in [1.82, 2.24) is 4.90 Å². The fraction of sp³-hybridized carbons (Fsp3) is 1.00. The van der Waals surface area contributed by atoms with Gasteiger partial charge in [-0.2, -0.15) is 0 Å². The lowest BCUT2D eigenvalue weighted by molar-refractivity contribution is 0.111. The molecule has 1 saturated heterocycles. The van der Waals surface area contributed by atoms with E-state index in [4.69, 9.17) is 4.74 Å². The summed E-state index contributed by atoms with van der Waals surface area (Å²) in [6.45, 7) is 7.85. The van der Waals surface area contributed by atoms with Gasteiger partial charge in [0.2, 0.25) is 0 Å². The number of rotatable bonds is 3. The van der Waals surface area contributed by atoms with Crippen LogP contribution < -0.4 is 0 Å². The summed E-state index contributed by atoms with van der Waals surface area (Å²) in [6.07, 6.45) is 6.58. The van der Waals surface area contributed by atoms with Crippen LogP contribution in [0.1, 0.15) is 39.0 Å². The maximum absolute atomic E-state index is 5.52. The van der Waals surface area contributed by atoms with Gasteiger partial charge in [-0.05, 0) is 38.8 Å². The average molecular weight is 185 g/mol. The maximum atomic E-state index is 5.52. The molecule has 0 bridgehead atoms. The van der Waals surface area contributed by atoms with E-state index in [0.717, 1.165) is 19.8 Å². The molecule has 0 aliphatic carbocycles. The molecule has 2 nitrogen and oxygen atoms in total. The fourth-order valence-electron chi connectivity index (χ4n) is 1.73. The van der Waals surface area contributed by atoms with Crippen molar-refractivity contribution in [2.45, 2.75) is 39.0 Å². The predicted octanol–water partition coefficient (Wildman–Crippen LogP) is 2.29. The Hall–Kier alpha value is -0.0800. The van der Waals surface area contributed by atoms with E-state index in [-0.39, 0.29) is 0 Å². The zero-order chi connectivity index (χ0) is 9.36. The van der Waals surface area contributed by atoms with Crippen LogP contribution in [0.3, 0.4) is 0 Å². The number of hydrogen-bond acceptors (Lipinski definition) is 2. The van der Waals surface area contributed by atoms with Crippen molar-refractivity contribution in [3.63, 3.8) is 0 Å². The quantitative estimate of drug-likeness (QED) is 0.669. The van der Waals surface area contributed by atoms with Gasteiger partial charge in [0.25, 0.3) is 0 Å². The highest BCUT2D eigenvalue weighted by molar-refractivity contribution is 4.59. The third-order valence-electron chi connectivity index (χ3n) is 2.64. The van der Waals surface area contributed by atoms with E-state index in [2.05, 4.69) is 11.8 Å². The van der Waals surface area contributed by atoms with Gasteiger partial charge >= 0.3 is 0 Å². The smallest absolute Gasteiger partial charge is 0.0593 e. The number of nitrogens with zero attached hydrogens (tertiary/aromatic N) is 1. The summed E-state index contributed by atoms with van der Waals surface area (Å²) in [5.74, 6) is 0. The first kappa shape index (κ1) is 11.0. The lowest BCUT2D eigenvalue weighted by Crippen LogP contribution is -2.29. The lowest BCUT2D eigenvalue weighted by Gasteiger charge is -2.20. The number of hydrogen-bond donors (Lipinski definition) is 0. The Bertz CT molecular complexity index is 107. The van der Waals surface area contributed by atoms with Crippen LogP contribution in [0.5, 0.6) is 0 Å². The largest absolute Gasteiger partial charge is 0.380 e. The highest BCUT2D eigenvalue weighted by Gasteiger charge is 2.05. The van der Waals surface area contributed by atoms with Crippen LogP contribution in [0.15, 0.2) is 0 Å². The molecule has 0 saturated carbocycles. The maximum Gasteiger partial charge on any atom is 0.0593 e. The van der Waals surface area contributed by atoms with E-state index >= 15 is 0 Å². The topological polar surface area (TPSA) is 12.5 Å². The van der Waals surface area contributed by atoms with E-state index in [9.17, 15) is 0 Å². The highest BCUT2D eigenvalue weighted by Crippen LogP contribution is 2.04. The lowest BCUT2D eigenvalue weighted by atomic mass is 10.2. The molecule has 0 unspecified atom stereocenters. The third-order valence-corrected chi connectivity index (χ3v) is 2.64. The molecule has 0 spiro atoms. The Kier molecular flexibility index (Phi) is 6.21. The molecule has 2 heteroatoms. The first-order valence-corrected chi connectivity index (χ1v) is 5.73. The van der Waals surface area contributed by atoms with Crippen molar-refractivity contribution in [3.05, 3.63) is 0 Å². The summed E-state index contributed by atoms with van der Waals surface area (Å²) >= 11 is 0. The molecule has 0 aromatic carbocycles.